The van der Waals surface area contributed by atoms with E-state index in [9.17, 15) is 14.9 Å². The number of fused-ring (bicyclic) bond motifs is 2. The molecule has 30 heavy (non-hydrogen) atoms. The lowest BCUT2D eigenvalue weighted by molar-refractivity contribution is -0.127. The molecule has 1 atom stereocenters. The van der Waals surface area contributed by atoms with E-state index in [-0.39, 0.29) is 17.6 Å². The summed E-state index contributed by atoms with van der Waals surface area (Å²) in [4.78, 5) is 35.6. The number of nitrogens with zero attached hydrogens (tertiary/aromatic N) is 8. The van der Waals surface area contributed by atoms with E-state index in [4.69, 9.17) is 4.98 Å². The smallest absolute Gasteiger partial charge is 0.330 e. The Balaban J connectivity index is 1.67. The molecule has 1 fully saturated rings. The van der Waals surface area contributed by atoms with Gasteiger partial charge in [-0.05, 0) is 18.6 Å². The molecule has 5 heterocycles. The number of hydrogen-bond acceptors (Lipinski definition) is 6. The molecular formula is C20H18N8O2. The third-order valence-electron chi connectivity index (χ3n) is 5.70. The number of pyridine rings is 1. The van der Waals surface area contributed by atoms with Crippen molar-refractivity contribution in [1.82, 2.24) is 33.6 Å². The third-order valence-corrected chi connectivity index (χ3v) is 5.70. The first-order chi connectivity index (χ1) is 14.5. The van der Waals surface area contributed by atoms with Crippen molar-refractivity contribution in [1.29, 1.82) is 5.26 Å². The van der Waals surface area contributed by atoms with Gasteiger partial charge in [-0.1, -0.05) is 0 Å². The third kappa shape index (κ3) is 2.59. The first-order valence-corrected chi connectivity index (χ1v) is 9.55. The summed E-state index contributed by atoms with van der Waals surface area (Å²) in [5, 5.41) is 13.5. The Kier molecular flexibility index (Phi) is 3.92. The molecule has 0 aliphatic carbocycles. The van der Waals surface area contributed by atoms with Crippen LogP contribution in [0.5, 0.6) is 0 Å². The summed E-state index contributed by atoms with van der Waals surface area (Å²) in [5.41, 5.74) is 2.86. The SMILES string of the molecule is CC(=O)N1CCC(n2c(=O)n(C)c3cnc(-c4cnn5ccc(C#N)cc45)nc32)C1. The van der Waals surface area contributed by atoms with Gasteiger partial charge in [0.15, 0.2) is 11.5 Å². The van der Waals surface area contributed by atoms with Gasteiger partial charge in [0.05, 0.1) is 41.1 Å². The zero-order chi connectivity index (χ0) is 21.0. The second-order valence-corrected chi connectivity index (χ2v) is 7.44. The first kappa shape index (κ1) is 18.1. The molecule has 10 heteroatoms. The fourth-order valence-corrected chi connectivity index (χ4v) is 4.06. The standard InChI is InChI=1S/C20H18N8O2/c1-12(29)26-5-4-14(11-26)28-19-17(25(2)20(28)30)10-22-18(24-19)15-9-23-27-6-3-13(8-21)7-16(15)27/h3,6-7,9-10,14H,4-5,11H2,1-2H3. The highest BCUT2D eigenvalue weighted by Gasteiger charge is 2.29. The zero-order valence-corrected chi connectivity index (χ0v) is 16.5. The molecule has 4 aromatic rings. The van der Waals surface area contributed by atoms with E-state index in [1.807, 2.05) is 0 Å². The molecule has 1 unspecified atom stereocenters. The minimum absolute atomic E-state index is 0.000696. The number of likely N-dealkylation sites (tertiary alicyclic amines) is 1. The molecule has 0 aromatic carbocycles. The Hall–Kier alpha value is -4.00. The van der Waals surface area contributed by atoms with Crippen LogP contribution in [0.2, 0.25) is 0 Å². The van der Waals surface area contributed by atoms with Crippen LogP contribution in [0.25, 0.3) is 28.1 Å². The Morgan fingerprint density at radius 3 is 2.87 bits per heavy atom. The van der Waals surface area contributed by atoms with E-state index in [1.165, 1.54) is 11.5 Å². The maximum Gasteiger partial charge on any atom is 0.330 e. The molecule has 0 radical (unpaired) electrons. The van der Waals surface area contributed by atoms with E-state index in [2.05, 4.69) is 16.2 Å². The number of nitriles is 1. The number of carbonyl (C=O) groups is 1. The van der Waals surface area contributed by atoms with Gasteiger partial charge in [-0.3, -0.25) is 13.9 Å². The Labute approximate surface area is 170 Å². The molecule has 0 saturated carbocycles. The van der Waals surface area contributed by atoms with Gasteiger partial charge in [-0.25, -0.2) is 19.3 Å². The maximum atomic E-state index is 12.9. The van der Waals surface area contributed by atoms with Gasteiger partial charge in [0.25, 0.3) is 0 Å². The van der Waals surface area contributed by atoms with Crippen LogP contribution in [0.3, 0.4) is 0 Å². The summed E-state index contributed by atoms with van der Waals surface area (Å²) in [6.45, 7) is 2.64. The van der Waals surface area contributed by atoms with Gasteiger partial charge >= 0.3 is 5.69 Å². The molecule has 1 aliphatic rings. The van der Waals surface area contributed by atoms with Crippen LogP contribution >= 0.6 is 0 Å². The van der Waals surface area contributed by atoms with Crippen molar-refractivity contribution in [3.8, 4) is 17.5 Å². The lowest BCUT2D eigenvalue weighted by atomic mass is 10.2. The van der Waals surface area contributed by atoms with Gasteiger partial charge in [0, 0.05) is 33.3 Å². The first-order valence-electron chi connectivity index (χ1n) is 9.55. The second kappa shape index (κ2) is 6.52. The van der Waals surface area contributed by atoms with Crippen molar-refractivity contribution in [3.63, 3.8) is 0 Å². The number of imidazole rings is 1. The lowest BCUT2D eigenvalue weighted by Crippen LogP contribution is -2.30. The van der Waals surface area contributed by atoms with Crippen LogP contribution in [-0.2, 0) is 11.8 Å². The van der Waals surface area contributed by atoms with E-state index in [1.54, 1.807) is 51.8 Å². The normalized spacial score (nSPS) is 16.4. The van der Waals surface area contributed by atoms with Crippen LogP contribution in [0.15, 0.2) is 35.5 Å². The molecule has 1 amide bonds. The highest BCUT2D eigenvalue weighted by molar-refractivity contribution is 5.80. The topological polar surface area (TPSA) is 114 Å². The second-order valence-electron chi connectivity index (χ2n) is 7.44. The van der Waals surface area contributed by atoms with E-state index >= 15 is 0 Å². The summed E-state index contributed by atoms with van der Waals surface area (Å²) in [6.07, 6.45) is 5.68. The molecule has 4 aromatic heterocycles. The molecule has 150 valence electrons. The molecule has 10 nitrogen and oxygen atoms in total. The van der Waals surface area contributed by atoms with E-state index in [0.717, 1.165) is 0 Å². The number of hydrogen-bond donors (Lipinski definition) is 0. The van der Waals surface area contributed by atoms with Crippen LogP contribution in [0, 0.1) is 11.3 Å². The van der Waals surface area contributed by atoms with Gasteiger partial charge in [-0.2, -0.15) is 10.4 Å². The van der Waals surface area contributed by atoms with Gasteiger partial charge < -0.3 is 4.90 Å². The van der Waals surface area contributed by atoms with Crippen LogP contribution in [0.4, 0.5) is 0 Å². The summed E-state index contributed by atoms with van der Waals surface area (Å²) < 4.78 is 4.85. The lowest BCUT2D eigenvalue weighted by Gasteiger charge is -2.14. The maximum absolute atomic E-state index is 12.9. The van der Waals surface area contributed by atoms with Gasteiger partial charge in [0.2, 0.25) is 5.91 Å². The monoisotopic (exact) mass is 402 g/mol. The molecule has 0 spiro atoms. The number of amides is 1. The number of rotatable bonds is 2. The fourth-order valence-electron chi connectivity index (χ4n) is 4.06. The van der Waals surface area contributed by atoms with Crippen molar-refractivity contribution in [3.05, 3.63) is 46.8 Å². The van der Waals surface area contributed by atoms with Crippen molar-refractivity contribution in [2.45, 2.75) is 19.4 Å². The molecule has 1 aliphatic heterocycles. The van der Waals surface area contributed by atoms with Crippen molar-refractivity contribution < 1.29 is 4.79 Å². The summed E-state index contributed by atoms with van der Waals surface area (Å²) in [5.74, 6) is 0.425. The zero-order valence-electron chi connectivity index (χ0n) is 16.5. The van der Waals surface area contributed by atoms with Crippen molar-refractivity contribution >= 4 is 22.6 Å². The van der Waals surface area contributed by atoms with E-state index in [0.29, 0.717) is 53.1 Å². The number of aryl methyl sites for hydroxylation is 1. The number of carbonyl (C=O) groups excluding carboxylic acids is 1. The average molecular weight is 402 g/mol. The summed E-state index contributed by atoms with van der Waals surface area (Å²) in [6, 6.07) is 5.40. The minimum atomic E-state index is -0.182. The summed E-state index contributed by atoms with van der Waals surface area (Å²) in [7, 11) is 1.69. The predicted octanol–water partition coefficient (Wildman–Crippen LogP) is 1.11. The molecule has 0 bridgehead atoms. The van der Waals surface area contributed by atoms with Crippen LogP contribution in [0.1, 0.15) is 24.9 Å². The summed E-state index contributed by atoms with van der Waals surface area (Å²) >= 11 is 0. The minimum Gasteiger partial charge on any atom is -0.341 e. The molecule has 5 rings (SSSR count). The molecule has 0 N–H and O–H groups in total. The number of aromatic nitrogens is 6. The van der Waals surface area contributed by atoms with E-state index < -0.39 is 0 Å². The molecule has 1 saturated heterocycles. The molecular weight excluding hydrogens is 384 g/mol. The largest absolute Gasteiger partial charge is 0.341 e. The van der Waals surface area contributed by atoms with Crippen molar-refractivity contribution in [2.75, 3.05) is 13.1 Å². The van der Waals surface area contributed by atoms with Crippen LogP contribution in [-0.4, -0.2) is 52.6 Å². The van der Waals surface area contributed by atoms with Gasteiger partial charge in [-0.15, -0.1) is 0 Å². The van der Waals surface area contributed by atoms with Gasteiger partial charge in [0.1, 0.15) is 5.52 Å². The highest BCUT2D eigenvalue weighted by Crippen LogP contribution is 2.27. The van der Waals surface area contributed by atoms with Crippen LogP contribution < -0.4 is 5.69 Å². The fraction of sp³-hybridized carbons (Fsp3) is 0.300. The highest BCUT2D eigenvalue weighted by atomic mass is 16.2. The average Bonchev–Trinajstić information content (AvgIpc) is 3.45. The Morgan fingerprint density at radius 2 is 2.13 bits per heavy atom. The Morgan fingerprint density at radius 1 is 1.30 bits per heavy atom. The quantitative estimate of drug-likeness (QED) is 0.496. The van der Waals surface area contributed by atoms with Crippen molar-refractivity contribution in [2.24, 2.45) is 7.05 Å². The Bertz CT molecular complexity index is 1420. The predicted molar refractivity (Wildman–Crippen MR) is 108 cm³/mol.